The zero-order chi connectivity index (χ0) is 14.8. The molecule has 0 unspecified atom stereocenters. The molecule has 0 aliphatic heterocycles. The molecule has 0 spiro atoms. The van der Waals surface area contributed by atoms with Crippen molar-refractivity contribution >= 4 is 27.7 Å². The molecule has 0 saturated carbocycles. The Labute approximate surface area is 125 Å². The average molecular weight is 359 g/mol. The van der Waals surface area contributed by atoms with Crippen molar-refractivity contribution < 1.29 is 13.2 Å². The standard InChI is InChI=1S/C13H6BrF3N2S/c14-11-2-1-5-19-12(11)20-9-3-4-10(13(15,16)17)8(6-9)7-18/h1-6H. The van der Waals surface area contributed by atoms with Gasteiger partial charge in [-0.25, -0.2) is 4.98 Å². The first kappa shape index (κ1) is 14.9. The molecule has 0 amide bonds. The van der Waals surface area contributed by atoms with Crippen molar-refractivity contribution in [1.82, 2.24) is 4.98 Å². The van der Waals surface area contributed by atoms with Crippen LogP contribution in [0.1, 0.15) is 11.1 Å². The number of alkyl halides is 3. The van der Waals surface area contributed by atoms with Gasteiger partial charge < -0.3 is 0 Å². The third-order valence-electron chi connectivity index (χ3n) is 2.36. The molecule has 2 rings (SSSR count). The second kappa shape index (κ2) is 5.85. The van der Waals surface area contributed by atoms with Crippen LogP contribution in [0.5, 0.6) is 0 Å². The van der Waals surface area contributed by atoms with Crippen molar-refractivity contribution in [2.75, 3.05) is 0 Å². The van der Waals surface area contributed by atoms with Crippen molar-refractivity contribution in [2.24, 2.45) is 0 Å². The maximum absolute atomic E-state index is 12.7. The van der Waals surface area contributed by atoms with Crippen LogP contribution in [0, 0.1) is 11.3 Å². The van der Waals surface area contributed by atoms with E-state index in [-0.39, 0.29) is 0 Å². The van der Waals surface area contributed by atoms with Gasteiger partial charge in [0, 0.05) is 11.1 Å². The summed E-state index contributed by atoms with van der Waals surface area (Å²) in [5.41, 5.74) is -1.32. The van der Waals surface area contributed by atoms with E-state index in [9.17, 15) is 13.2 Å². The Kier molecular flexibility index (Phi) is 4.35. The fraction of sp³-hybridized carbons (Fsp3) is 0.0769. The lowest BCUT2D eigenvalue weighted by atomic mass is 10.1. The summed E-state index contributed by atoms with van der Waals surface area (Å²) in [7, 11) is 0. The molecule has 0 atom stereocenters. The maximum atomic E-state index is 12.7. The van der Waals surface area contributed by atoms with E-state index in [1.54, 1.807) is 24.4 Å². The molecule has 2 nitrogen and oxygen atoms in total. The molecular weight excluding hydrogens is 353 g/mol. The van der Waals surface area contributed by atoms with Gasteiger partial charge in [-0.1, -0.05) is 11.8 Å². The molecule has 0 saturated heterocycles. The van der Waals surface area contributed by atoms with Gasteiger partial charge in [-0.15, -0.1) is 0 Å². The van der Waals surface area contributed by atoms with E-state index < -0.39 is 17.3 Å². The van der Waals surface area contributed by atoms with Crippen LogP contribution in [-0.4, -0.2) is 4.98 Å². The molecule has 102 valence electrons. The van der Waals surface area contributed by atoms with Crippen molar-refractivity contribution in [3.8, 4) is 6.07 Å². The number of halogens is 4. The highest BCUT2D eigenvalue weighted by Gasteiger charge is 2.33. The second-order valence-electron chi connectivity index (χ2n) is 3.71. The van der Waals surface area contributed by atoms with Crippen LogP contribution >= 0.6 is 27.7 Å². The van der Waals surface area contributed by atoms with Gasteiger partial charge in [-0.05, 0) is 46.3 Å². The number of nitrogens with zero attached hydrogens (tertiary/aromatic N) is 2. The Bertz CT molecular complexity index is 680. The highest BCUT2D eigenvalue weighted by Crippen LogP contribution is 2.36. The van der Waals surface area contributed by atoms with Crippen LogP contribution in [0.4, 0.5) is 13.2 Å². The largest absolute Gasteiger partial charge is 0.417 e. The number of hydrogen-bond acceptors (Lipinski definition) is 3. The van der Waals surface area contributed by atoms with Gasteiger partial charge in [-0.3, -0.25) is 0 Å². The van der Waals surface area contributed by atoms with Gasteiger partial charge >= 0.3 is 6.18 Å². The third kappa shape index (κ3) is 3.32. The Hall–Kier alpha value is -1.52. The van der Waals surface area contributed by atoms with Gasteiger partial charge in [0.1, 0.15) is 5.03 Å². The first-order valence-electron chi connectivity index (χ1n) is 5.31. The molecule has 0 radical (unpaired) electrons. The van der Waals surface area contributed by atoms with Crippen molar-refractivity contribution in [3.63, 3.8) is 0 Å². The van der Waals surface area contributed by atoms with E-state index in [2.05, 4.69) is 20.9 Å². The fourth-order valence-corrected chi connectivity index (χ4v) is 2.80. The lowest BCUT2D eigenvalue weighted by Crippen LogP contribution is -2.07. The van der Waals surface area contributed by atoms with Gasteiger partial charge in [0.25, 0.3) is 0 Å². The van der Waals surface area contributed by atoms with Gasteiger partial charge in [-0.2, -0.15) is 18.4 Å². The van der Waals surface area contributed by atoms with E-state index in [1.165, 1.54) is 23.9 Å². The summed E-state index contributed by atoms with van der Waals surface area (Å²) in [6.45, 7) is 0. The average Bonchev–Trinajstić information content (AvgIpc) is 2.40. The van der Waals surface area contributed by atoms with Crippen LogP contribution < -0.4 is 0 Å². The second-order valence-corrected chi connectivity index (χ2v) is 5.63. The highest BCUT2D eigenvalue weighted by molar-refractivity contribution is 9.10. The Morgan fingerprint density at radius 1 is 1.25 bits per heavy atom. The van der Waals surface area contributed by atoms with E-state index in [0.717, 1.165) is 10.5 Å². The number of aromatic nitrogens is 1. The lowest BCUT2D eigenvalue weighted by molar-refractivity contribution is -0.137. The number of hydrogen-bond donors (Lipinski definition) is 0. The molecule has 2 aromatic rings. The number of nitriles is 1. The predicted molar refractivity (Wildman–Crippen MR) is 72.2 cm³/mol. The van der Waals surface area contributed by atoms with Crippen molar-refractivity contribution in [2.45, 2.75) is 16.1 Å². The van der Waals surface area contributed by atoms with E-state index in [0.29, 0.717) is 9.92 Å². The van der Waals surface area contributed by atoms with Crippen LogP contribution in [0.15, 0.2) is 50.9 Å². The van der Waals surface area contributed by atoms with E-state index in [1.807, 2.05) is 0 Å². The Morgan fingerprint density at radius 3 is 2.60 bits per heavy atom. The van der Waals surface area contributed by atoms with Gasteiger partial charge in [0.05, 0.1) is 21.7 Å². The maximum Gasteiger partial charge on any atom is 0.417 e. The summed E-state index contributed by atoms with van der Waals surface area (Å²) in [6, 6.07) is 8.56. The summed E-state index contributed by atoms with van der Waals surface area (Å²) in [4.78, 5) is 4.63. The summed E-state index contributed by atoms with van der Waals surface area (Å²) in [5.74, 6) is 0. The third-order valence-corrected chi connectivity index (χ3v) is 4.27. The quantitative estimate of drug-likeness (QED) is 0.767. The summed E-state index contributed by atoms with van der Waals surface area (Å²) < 4.78 is 38.8. The van der Waals surface area contributed by atoms with Crippen LogP contribution in [0.25, 0.3) is 0 Å². The van der Waals surface area contributed by atoms with Crippen molar-refractivity contribution in [1.29, 1.82) is 5.26 Å². The summed E-state index contributed by atoms with van der Waals surface area (Å²) in [5, 5.41) is 9.46. The minimum absolute atomic E-state index is 0.394. The molecule has 0 aliphatic rings. The van der Waals surface area contributed by atoms with E-state index >= 15 is 0 Å². The fourth-order valence-electron chi connectivity index (χ4n) is 1.48. The molecule has 0 N–H and O–H groups in total. The molecule has 0 fully saturated rings. The van der Waals surface area contributed by atoms with Gasteiger partial charge in [0.2, 0.25) is 0 Å². The number of benzene rings is 1. The normalized spacial score (nSPS) is 11.2. The molecule has 20 heavy (non-hydrogen) atoms. The molecule has 1 aromatic heterocycles. The topological polar surface area (TPSA) is 36.7 Å². The zero-order valence-electron chi connectivity index (χ0n) is 9.78. The molecular formula is C13H6BrF3N2S. The smallest absolute Gasteiger partial charge is 0.248 e. The number of rotatable bonds is 2. The predicted octanol–water partition coefficient (Wildman–Crippen LogP) is 4.89. The number of pyridine rings is 1. The molecule has 1 aromatic carbocycles. The molecule has 1 heterocycles. The Morgan fingerprint density at radius 2 is 2.00 bits per heavy atom. The van der Waals surface area contributed by atoms with Crippen LogP contribution in [-0.2, 0) is 6.18 Å². The van der Waals surface area contributed by atoms with Gasteiger partial charge in [0.15, 0.2) is 0 Å². The SMILES string of the molecule is N#Cc1cc(Sc2ncccc2Br)ccc1C(F)(F)F. The minimum Gasteiger partial charge on any atom is -0.248 e. The minimum atomic E-state index is -4.53. The molecule has 7 heteroatoms. The van der Waals surface area contributed by atoms with Crippen molar-refractivity contribution in [3.05, 3.63) is 52.1 Å². The van der Waals surface area contributed by atoms with Crippen LogP contribution in [0.3, 0.4) is 0 Å². The summed E-state index contributed by atoms with van der Waals surface area (Å²) in [6.07, 6.45) is -2.94. The first-order chi connectivity index (χ1) is 9.41. The first-order valence-corrected chi connectivity index (χ1v) is 6.92. The monoisotopic (exact) mass is 358 g/mol. The zero-order valence-corrected chi connectivity index (χ0v) is 12.2. The van der Waals surface area contributed by atoms with Crippen LogP contribution in [0.2, 0.25) is 0 Å². The Balaban J connectivity index is 2.37. The van der Waals surface area contributed by atoms with E-state index in [4.69, 9.17) is 5.26 Å². The highest BCUT2D eigenvalue weighted by atomic mass is 79.9. The molecule has 0 bridgehead atoms. The lowest BCUT2D eigenvalue weighted by Gasteiger charge is -2.10. The molecule has 0 aliphatic carbocycles. The summed E-state index contributed by atoms with van der Waals surface area (Å²) >= 11 is 4.49.